The van der Waals surface area contributed by atoms with E-state index >= 15 is 0 Å². The molecule has 3 atom stereocenters. The minimum Gasteiger partial charge on any atom is -0.468 e. The van der Waals surface area contributed by atoms with Crippen LogP contribution in [0.2, 0.25) is 0 Å². The van der Waals surface area contributed by atoms with Gasteiger partial charge in [-0.3, -0.25) is 9.78 Å². The number of fused-ring (bicyclic) bond motifs is 1. The van der Waals surface area contributed by atoms with Crippen LogP contribution < -0.4 is 10.0 Å². The maximum absolute atomic E-state index is 13.2. The number of piperidine rings is 1. The Morgan fingerprint density at radius 2 is 1.83 bits per heavy atom. The van der Waals surface area contributed by atoms with Gasteiger partial charge < -0.3 is 10.1 Å². The minimum atomic E-state index is -3.87. The van der Waals surface area contributed by atoms with E-state index in [-0.39, 0.29) is 18.5 Å². The van der Waals surface area contributed by atoms with E-state index in [2.05, 4.69) is 20.0 Å². The van der Waals surface area contributed by atoms with Gasteiger partial charge in [0, 0.05) is 47.1 Å². The summed E-state index contributed by atoms with van der Waals surface area (Å²) in [4.78, 5) is 21.0. The molecule has 0 aliphatic carbocycles. The molecule has 1 saturated heterocycles. The molecule has 0 amide bonds. The number of aromatic nitrogens is 2. The molecule has 10 heteroatoms. The van der Waals surface area contributed by atoms with E-state index in [1.807, 2.05) is 50.2 Å². The summed E-state index contributed by atoms with van der Waals surface area (Å²) >= 11 is 0. The van der Waals surface area contributed by atoms with Crippen molar-refractivity contribution in [2.24, 2.45) is 0 Å². The summed E-state index contributed by atoms with van der Waals surface area (Å²) in [6, 6.07) is 9.96. The van der Waals surface area contributed by atoms with Gasteiger partial charge in [0.05, 0.1) is 7.11 Å². The van der Waals surface area contributed by atoms with E-state index in [0.29, 0.717) is 5.82 Å². The van der Waals surface area contributed by atoms with Crippen molar-refractivity contribution in [2.75, 3.05) is 12.4 Å². The van der Waals surface area contributed by atoms with E-state index in [1.165, 1.54) is 11.4 Å². The molecule has 186 valence electrons. The highest BCUT2D eigenvalue weighted by Crippen LogP contribution is 2.26. The molecule has 0 radical (unpaired) electrons. The summed E-state index contributed by atoms with van der Waals surface area (Å²) in [6.45, 7) is 3.80. The van der Waals surface area contributed by atoms with Crippen molar-refractivity contribution in [1.82, 2.24) is 19.0 Å². The number of carbonyl (C=O) groups excluding carboxylic acids is 1. The summed E-state index contributed by atoms with van der Waals surface area (Å²) in [5.41, 5.74) is 1.61. The lowest BCUT2D eigenvalue weighted by atomic mass is 10.0. The van der Waals surface area contributed by atoms with Crippen molar-refractivity contribution in [3.63, 3.8) is 0 Å². The number of nitrogens with one attached hydrogen (secondary N) is 2. The van der Waals surface area contributed by atoms with Gasteiger partial charge in [0.25, 0.3) is 10.2 Å². The minimum absolute atomic E-state index is 0.127. The first-order valence-corrected chi connectivity index (χ1v) is 13.2. The van der Waals surface area contributed by atoms with Gasteiger partial charge >= 0.3 is 5.97 Å². The van der Waals surface area contributed by atoms with Gasteiger partial charge in [0.1, 0.15) is 11.9 Å². The Bertz CT molecular complexity index is 1270. The summed E-state index contributed by atoms with van der Waals surface area (Å²) in [6.07, 6.45) is 7.97. The predicted molar refractivity (Wildman–Crippen MR) is 135 cm³/mol. The molecule has 35 heavy (non-hydrogen) atoms. The highest BCUT2D eigenvalue weighted by atomic mass is 32.2. The number of esters is 1. The molecule has 9 nitrogen and oxygen atoms in total. The van der Waals surface area contributed by atoms with Crippen LogP contribution in [0.5, 0.6) is 0 Å². The fraction of sp³-hybridized carbons (Fsp3) is 0.400. The zero-order valence-corrected chi connectivity index (χ0v) is 21.0. The van der Waals surface area contributed by atoms with Gasteiger partial charge in [-0.15, -0.1) is 0 Å². The monoisotopic (exact) mass is 497 g/mol. The van der Waals surface area contributed by atoms with Crippen LogP contribution in [0, 0.1) is 0 Å². The van der Waals surface area contributed by atoms with E-state index in [9.17, 15) is 13.2 Å². The first kappa shape index (κ1) is 25.0. The van der Waals surface area contributed by atoms with Crippen molar-refractivity contribution in [1.29, 1.82) is 0 Å². The maximum Gasteiger partial charge on any atom is 0.324 e. The Morgan fingerprint density at radius 1 is 1.11 bits per heavy atom. The molecule has 0 saturated carbocycles. The van der Waals surface area contributed by atoms with Crippen molar-refractivity contribution in [3.05, 3.63) is 60.6 Å². The zero-order chi connectivity index (χ0) is 25.0. The summed E-state index contributed by atoms with van der Waals surface area (Å²) < 4.78 is 35.3. The summed E-state index contributed by atoms with van der Waals surface area (Å²) in [7, 11) is -2.61. The lowest BCUT2D eigenvalue weighted by molar-refractivity contribution is -0.142. The largest absolute Gasteiger partial charge is 0.468 e. The number of hydrogen-bond donors (Lipinski definition) is 2. The first-order valence-electron chi connectivity index (χ1n) is 11.7. The SMILES string of the molecule is COC(=O)C(Cc1ccc(Nc2nccc3cnccc23)cc1)NS(=O)(=O)N1C(C)CCCC1C. The Kier molecular flexibility index (Phi) is 7.63. The first-order chi connectivity index (χ1) is 16.8. The van der Waals surface area contributed by atoms with Crippen LogP contribution in [0.15, 0.2) is 55.0 Å². The van der Waals surface area contributed by atoms with E-state index in [1.54, 1.807) is 18.6 Å². The van der Waals surface area contributed by atoms with Crippen molar-refractivity contribution in [3.8, 4) is 0 Å². The number of pyridine rings is 2. The quantitative estimate of drug-likeness (QED) is 0.458. The number of carbonyl (C=O) groups is 1. The molecule has 0 spiro atoms. The number of benzene rings is 1. The van der Waals surface area contributed by atoms with E-state index in [4.69, 9.17) is 4.74 Å². The Balaban J connectivity index is 1.49. The van der Waals surface area contributed by atoms with Crippen LogP contribution in [-0.2, 0) is 26.2 Å². The molecule has 1 fully saturated rings. The third-order valence-electron chi connectivity index (χ3n) is 6.39. The lowest BCUT2D eigenvalue weighted by Gasteiger charge is -2.38. The van der Waals surface area contributed by atoms with Crippen molar-refractivity contribution < 1.29 is 17.9 Å². The molecule has 3 aromatic rings. The van der Waals surface area contributed by atoms with Crippen LogP contribution in [0.25, 0.3) is 10.8 Å². The van der Waals surface area contributed by atoms with Crippen molar-refractivity contribution >= 4 is 38.5 Å². The molecule has 4 rings (SSSR count). The number of methoxy groups -OCH3 is 1. The molecule has 1 aliphatic heterocycles. The van der Waals surface area contributed by atoms with Crippen LogP contribution in [0.4, 0.5) is 11.5 Å². The van der Waals surface area contributed by atoms with Crippen LogP contribution in [0.1, 0.15) is 38.7 Å². The molecule has 2 aromatic heterocycles. The standard InChI is InChI=1S/C25H31N5O4S/c1-17-5-4-6-18(2)30(17)35(32,33)29-23(25(31)34-3)15-19-7-9-21(10-8-19)28-24-22-12-13-26-16-20(22)11-14-27-24/h7-14,16-18,23,29H,4-6,15H2,1-3H3,(H,27,28). The van der Waals surface area contributed by atoms with Gasteiger partial charge in [-0.2, -0.15) is 17.4 Å². The fourth-order valence-electron chi connectivity index (χ4n) is 4.64. The highest BCUT2D eigenvalue weighted by Gasteiger charge is 2.37. The number of ether oxygens (including phenoxy) is 1. The topological polar surface area (TPSA) is 114 Å². The normalized spacial score (nSPS) is 19.9. The van der Waals surface area contributed by atoms with Gasteiger partial charge in [0.2, 0.25) is 0 Å². The van der Waals surface area contributed by atoms with Gasteiger partial charge in [-0.1, -0.05) is 18.6 Å². The highest BCUT2D eigenvalue weighted by molar-refractivity contribution is 7.87. The van der Waals surface area contributed by atoms with E-state index < -0.39 is 22.2 Å². The van der Waals surface area contributed by atoms with Gasteiger partial charge in [0.15, 0.2) is 0 Å². The second-order valence-electron chi connectivity index (χ2n) is 8.94. The van der Waals surface area contributed by atoms with Crippen molar-refractivity contribution in [2.45, 2.75) is 57.7 Å². The smallest absolute Gasteiger partial charge is 0.324 e. The lowest BCUT2D eigenvalue weighted by Crippen LogP contribution is -2.56. The second-order valence-corrected chi connectivity index (χ2v) is 10.5. The second kappa shape index (κ2) is 10.7. The number of rotatable bonds is 8. The van der Waals surface area contributed by atoms with Crippen LogP contribution in [-0.4, -0.2) is 53.9 Å². The van der Waals surface area contributed by atoms with E-state index in [0.717, 1.165) is 41.3 Å². The maximum atomic E-state index is 13.2. The van der Waals surface area contributed by atoms with Crippen LogP contribution >= 0.6 is 0 Å². The number of nitrogens with zero attached hydrogens (tertiary/aromatic N) is 3. The number of hydrogen-bond acceptors (Lipinski definition) is 7. The Hall–Kier alpha value is -3.08. The molecule has 0 bridgehead atoms. The average molecular weight is 498 g/mol. The molecular formula is C25H31N5O4S. The predicted octanol–water partition coefficient (Wildman–Crippen LogP) is 3.55. The van der Waals surface area contributed by atoms with Gasteiger partial charge in [-0.05, 0) is 62.9 Å². The van der Waals surface area contributed by atoms with Crippen LogP contribution in [0.3, 0.4) is 0 Å². The zero-order valence-electron chi connectivity index (χ0n) is 20.1. The third-order valence-corrected chi connectivity index (χ3v) is 8.25. The van der Waals surface area contributed by atoms with Gasteiger partial charge in [-0.25, -0.2) is 4.98 Å². The molecule has 2 N–H and O–H groups in total. The Morgan fingerprint density at radius 3 is 2.51 bits per heavy atom. The molecule has 3 unspecified atom stereocenters. The molecule has 1 aliphatic rings. The summed E-state index contributed by atoms with van der Waals surface area (Å²) in [5, 5.41) is 5.23. The molecular weight excluding hydrogens is 466 g/mol. The average Bonchev–Trinajstić information content (AvgIpc) is 2.84. The molecule has 3 heterocycles. The molecule has 1 aromatic carbocycles. The third kappa shape index (κ3) is 5.77. The fourth-order valence-corrected chi connectivity index (χ4v) is 6.46. The number of anilines is 2. The summed E-state index contributed by atoms with van der Waals surface area (Å²) in [5.74, 6) is 0.0873. The Labute approximate surface area is 206 Å².